The fraction of sp³-hybridized carbons (Fsp3) is 1.00. The van der Waals surface area contributed by atoms with Crippen molar-refractivity contribution in [3.05, 3.63) is 0 Å². The fourth-order valence-electron chi connectivity index (χ4n) is 2.84. The molecule has 2 heteroatoms. The zero-order chi connectivity index (χ0) is 12.0. The molecule has 16 heavy (non-hydrogen) atoms. The second-order valence-electron chi connectivity index (χ2n) is 5.61. The van der Waals surface area contributed by atoms with Crippen LogP contribution >= 0.6 is 0 Å². The second kappa shape index (κ2) is 7.29. The summed E-state index contributed by atoms with van der Waals surface area (Å²) in [5.41, 5.74) is 0. The van der Waals surface area contributed by atoms with Crippen molar-refractivity contribution in [1.29, 1.82) is 0 Å². The zero-order valence-corrected chi connectivity index (χ0v) is 11.6. The molecule has 0 radical (unpaired) electrons. The molecule has 0 aliphatic carbocycles. The van der Waals surface area contributed by atoms with Gasteiger partial charge in [-0.2, -0.15) is 0 Å². The van der Waals surface area contributed by atoms with E-state index < -0.39 is 0 Å². The van der Waals surface area contributed by atoms with Gasteiger partial charge in [-0.15, -0.1) is 0 Å². The van der Waals surface area contributed by atoms with Crippen molar-refractivity contribution in [3.63, 3.8) is 0 Å². The van der Waals surface area contributed by atoms with E-state index in [0.717, 1.165) is 18.0 Å². The van der Waals surface area contributed by atoms with E-state index in [9.17, 15) is 0 Å². The van der Waals surface area contributed by atoms with Crippen molar-refractivity contribution in [3.8, 4) is 0 Å². The molecule has 0 spiro atoms. The lowest BCUT2D eigenvalue weighted by molar-refractivity contribution is 0.152. The minimum atomic E-state index is 0.749. The normalized spacial score (nSPS) is 21.6. The largest absolute Gasteiger partial charge is 0.313 e. The maximum absolute atomic E-state index is 3.62. The van der Waals surface area contributed by atoms with Crippen LogP contribution in [0.5, 0.6) is 0 Å². The molecule has 1 rings (SSSR count). The number of hydrogen-bond donors (Lipinski definition) is 1. The summed E-state index contributed by atoms with van der Waals surface area (Å²) in [7, 11) is 0. The predicted octanol–water partition coefficient (Wildman–Crippen LogP) is 2.89. The Labute approximate surface area is 102 Å². The molecule has 1 fully saturated rings. The molecule has 1 aliphatic heterocycles. The summed E-state index contributed by atoms with van der Waals surface area (Å²) in [5.74, 6) is 0.780. The molecular weight excluding hydrogens is 196 g/mol. The maximum Gasteiger partial charge on any atom is 0.0195 e. The molecule has 0 aromatic heterocycles. The van der Waals surface area contributed by atoms with Crippen LogP contribution < -0.4 is 5.32 Å². The number of nitrogens with zero attached hydrogens (tertiary/aromatic N) is 1. The lowest BCUT2D eigenvalue weighted by atomic mass is 10.1. The Bertz CT molecular complexity index is 170. The van der Waals surface area contributed by atoms with Gasteiger partial charge in [0, 0.05) is 25.2 Å². The minimum Gasteiger partial charge on any atom is -0.313 e. The van der Waals surface area contributed by atoms with Crippen LogP contribution in [-0.4, -0.2) is 36.6 Å². The first-order valence-corrected chi connectivity index (χ1v) is 7.14. The highest BCUT2D eigenvalue weighted by atomic mass is 15.2. The summed E-state index contributed by atoms with van der Waals surface area (Å²) < 4.78 is 0. The number of hydrogen-bond acceptors (Lipinski definition) is 2. The molecule has 1 N–H and O–H groups in total. The Balaban J connectivity index is 2.47. The number of nitrogens with one attached hydrogen (secondary N) is 1. The average molecular weight is 226 g/mol. The van der Waals surface area contributed by atoms with E-state index in [4.69, 9.17) is 0 Å². The van der Waals surface area contributed by atoms with Gasteiger partial charge in [0.25, 0.3) is 0 Å². The van der Waals surface area contributed by atoms with Gasteiger partial charge < -0.3 is 5.32 Å². The Hall–Kier alpha value is -0.0800. The van der Waals surface area contributed by atoms with Gasteiger partial charge in [0.1, 0.15) is 0 Å². The molecule has 0 unspecified atom stereocenters. The van der Waals surface area contributed by atoms with Gasteiger partial charge >= 0.3 is 0 Å². The van der Waals surface area contributed by atoms with Crippen molar-refractivity contribution in [2.45, 2.75) is 65.5 Å². The molecule has 0 saturated carbocycles. The summed E-state index contributed by atoms with van der Waals surface area (Å²) in [6.45, 7) is 13.0. The van der Waals surface area contributed by atoms with Gasteiger partial charge in [0.15, 0.2) is 0 Å². The van der Waals surface area contributed by atoms with Crippen LogP contribution in [-0.2, 0) is 0 Å². The number of rotatable bonds is 7. The molecule has 1 heterocycles. The highest BCUT2D eigenvalue weighted by molar-refractivity contribution is 4.81. The quantitative estimate of drug-likeness (QED) is 0.718. The van der Waals surface area contributed by atoms with Gasteiger partial charge in [-0.25, -0.2) is 0 Å². The third kappa shape index (κ3) is 4.42. The van der Waals surface area contributed by atoms with Crippen LogP contribution in [0.1, 0.15) is 53.4 Å². The van der Waals surface area contributed by atoms with Gasteiger partial charge in [-0.05, 0) is 38.1 Å². The lowest BCUT2D eigenvalue weighted by Crippen LogP contribution is -2.44. The van der Waals surface area contributed by atoms with Crippen LogP contribution in [0.2, 0.25) is 0 Å². The summed E-state index contributed by atoms with van der Waals surface area (Å²) in [4.78, 5) is 2.72. The fourth-order valence-corrected chi connectivity index (χ4v) is 2.84. The molecule has 2 nitrogen and oxygen atoms in total. The monoisotopic (exact) mass is 226 g/mol. The van der Waals surface area contributed by atoms with E-state index in [1.807, 2.05) is 0 Å². The van der Waals surface area contributed by atoms with Gasteiger partial charge in [-0.1, -0.05) is 27.7 Å². The van der Waals surface area contributed by atoms with Crippen molar-refractivity contribution in [2.24, 2.45) is 5.92 Å². The first-order valence-electron chi connectivity index (χ1n) is 7.14. The first-order chi connectivity index (χ1) is 7.67. The van der Waals surface area contributed by atoms with E-state index in [2.05, 4.69) is 37.9 Å². The Kier molecular flexibility index (Phi) is 6.37. The van der Waals surface area contributed by atoms with Crippen LogP contribution in [0.3, 0.4) is 0 Å². The lowest BCUT2D eigenvalue weighted by Gasteiger charge is -2.34. The van der Waals surface area contributed by atoms with Crippen LogP contribution in [0.4, 0.5) is 0 Å². The van der Waals surface area contributed by atoms with Crippen LogP contribution in [0.25, 0.3) is 0 Å². The molecule has 1 atom stereocenters. The molecule has 0 aromatic carbocycles. The molecule has 0 bridgehead atoms. The molecule has 1 aliphatic rings. The zero-order valence-electron chi connectivity index (χ0n) is 11.6. The van der Waals surface area contributed by atoms with E-state index in [0.29, 0.717) is 0 Å². The topological polar surface area (TPSA) is 15.3 Å². The van der Waals surface area contributed by atoms with Gasteiger partial charge in [0.2, 0.25) is 0 Å². The Morgan fingerprint density at radius 2 is 1.94 bits per heavy atom. The SMILES string of the molecule is CCC(CC)N(CC(C)C)C[C@H]1CCCN1. The van der Waals surface area contributed by atoms with Crippen molar-refractivity contribution >= 4 is 0 Å². The average Bonchev–Trinajstić information content (AvgIpc) is 2.71. The summed E-state index contributed by atoms with van der Waals surface area (Å²) in [5, 5.41) is 3.62. The van der Waals surface area contributed by atoms with Crippen LogP contribution in [0.15, 0.2) is 0 Å². The van der Waals surface area contributed by atoms with E-state index in [1.165, 1.54) is 45.3 Å². The highest BCUT2D eigenvalue weighted by Crippen LogP contribution is 2.15. The van der Waals surface area contributed by atoms with Gasteiger partial charge in [0.05, 0.1) is 0 Å². The highest BCUT2D eigenvalue weighted by Gasteiger charge is 2.22. The minimum absolute atomic E-state index is 0.749. The summed E-state index contributed by atoms with van der Waals surface area (Å²) in [6.07, 6.45) is 5.31. The third-order valence-electron chi connectivity index (χ3n) is 3.68. The van der Waals surface area contributed by atoms with Crippen LogP contribution in [0, 0.1) is 5.92 Å². The molecular formula is C14H30N2. The molecule has 0 aromatic rings. The smallest absolute Gasteiger partial charge is 0.0195 e. The first kappa shape index (κ1) is 14.0. The maximum atomic E-state index is 3.62. The van der Waals surface area contributed by atoms with E-state index in [-0.39, 0.29) is 0 Å². The molecule has 96 valence electrons. The second-order valence-corrected chi connectivity index (χ2v) is 5.61. The summed E-state index contributed by atoms with van der Waals surface area (Å²) >= 11 is 0. The predicted molar refractivity (Wildman–Crippen MR) is 71.8 cm³/mol. The van der Waals surface area contributed by atoms with Crippen molar-refractivity contribution in [2.75, 3.05) is 19.6 Å². The van der Waals surface area contributed by atoms with Crippen molar-refractivity contribution in [1.82, 2.24) is 10.2 Å². The molecule has 0 amide bonds. The standard InChI is InChI=1S/C14H30N2/c1-5-14(6-2)16(10-12(3)4)11-13-8-7-9-15-13/h12-15H,5-11H2,1-4H3/t13-/m1/s1. The Morgan fingerprint density at radius 3 is 2.38 bits per heavy atom. The summed E-state index contributed by atoms with van der Waals surface area (Å²) in [6, 6.07) is 1.53. The third-order valence-corrected chi connectivity index (χ3v) is 3.68. The van der Waals surface area contributed by atoms with Gasteiger partial charge in [-0.3, -0.25) is 4.90 Å². The van der Waals surface area contributed by atoms with E-state index >= 15 is 0 Å². The van der Waals surface area contributed by atoms with E-state index in [1.54, 1.807) is 0 Å². The molecule has 1 saturated heterocycles. The van der Waals surface area contributed by atoms with Crippen molar-refractivity contribution < 1.29 is 0 Å². The Morgan fingerprint density at radius 1 is 1.25 bits per heavy atom.